The largest absolute Gasteiger partial charge is 0.573 e. The van der Waals surface area contributed by atoms with Gasteiger partial charge in [-0.05, 0) is 48.9 Å². The van der Waals surface area contributed by atoms with Crippen LogP contribution in [0, 0.1) is 12.7 Å². The lowest BCUT2D eigenvalue weighted by Gasteiger charge is -2.16. The fourth-order valence-electron chi connectivity index (χ4n) is 2.81. The number of ether oxygens (including phenoxy) is 3. The fourth-order valence-corrected chi connectivity index (χ4v) is 2.81. The van der Waals surface area contributed by atoms with Gasteiger partial charge in [0.1, 0.15) is 23.0 Å². The normalized spacial score (nSPS) is 11.0. The third kappa shape index (κ3) is 5.91. The molecule has 1 aromatic heterocycles. The van der Waals surface area contributed by atoms with Crippen molar-refractivity contribution < 1.29 is 41.4 Å². The van der Waals surface area contributed by atoms with Gasteiger partial charge < -0.3 is 25.3 Å². The highest BCUT2D eigenvalue weighted by atomic mass is 19.4. The summed E-state index contributed by atoms with van der Waals surface area (Å²) in [6.07, 6.45) is -3.66. The maximum atomic E-state index is 14.3. The highest BCUT2D eigenvalue weighted by molar-refractivity contribution is 6.06. The number of benzene rings is 2. The second-order valence-electron chi connectivity index (χ2n) is 6.81. The van der Waals surface area contributed by atoms with Gasteiger partial charge in [-0.2, -0.15) is 0 Å². The number of amides is 2. The van der Waals surface area contributed by atoms with Crippen molar-refractivity contribution in [3.63, 3.8) is 0 Å². The van der Waals surface area contributed by atoms with E-state index >= 15 is 0 Å². The first-order valence-electron chi connectivity index (χ1n) is 9.46. The molecule has 0 unspecified atom stereocenters. The molecule has 0 aliphatic carbocycles. The number of nitrogens with zero attached hydrogens (tertiary/aromatic N) is 1. The summed E-state index contributed by atoms with van der Waals surface area (Å²) in [5.41, 5.74) is 5.14. The molecule has 0 fully saturated rings. The van der Waals surface area contributed by atoms with Crippen LogP contribution in [0.25, 0.3) is 0 Å². The van der Waals surface area contributed by atoms with Crippen LogP contribution in [0.15, 0.2) is 48.7 Å². The number of pyridine rings is 1. The number of halogens is 4. The van der Waals surface area contributed by atoms with E-state index in [1.807, 2.05) is 0 Å². The molecule has 0 aliphatic rings. The quantitative estimate of drug-likeness (QED) is 0.480. The molecule has 0 aliphatic heterocycles. The van der Waals surface area contributed by atoms with Gasteiger partial charge in [0.15, 0.2) is 11.5 Å². The Bertz CT molecular complexity index is 1250. The molecule has 1 heterocycles. The van der Waals surface area contributed by atoms with Crippen molar-refractivity contribution >= 4 is 17.5 Å². The Morgan fingerprint density at radius 2 is 1.76 bits per heavy atom. The third-order valence-corrected chi connectivity index (χ3v) is 4.36. The number of carbonyl (C=O) groups excluding carboxylic acids is 2. The third-order valence-electron chi connectivity index (χ3n) is 4.36. The number of aromatic nitrogens is 1. The molecule has 12 heteroatoms. The standard InChI is InChI=1S/C22H17F4N3O5/c1-11-7-18(33-17-4-3-13(9-19(17)32-2)34-22(24,25)26)14(10-15(11)23)21(31)29-12-5-6-28-16(8-12)20(27)30/h3-10H,1-2H3,(H2,27,30)(H,28,29,31). The molecule has 0 bridgehead atoms. The second-order valence-corrected chi connectivity index (χ2v) is 6.81. The number of alkyl halides is 3. The summed E-state index contributed by atoms with van der Waals surface area (Å²) in [6, 6.07) is 7.87. The van der Waals surface area contributed by atoms with E-state index in [2.05, 4.69) is 15.0 Å². The number of aryl methyl sites for hydroxylation is 1. The van der Waals surface area contributed by atoms with Crippen LogP contribution in [-0.4, -0.2) is 30.3 Å². The predicted octanol–water partition coefficient (Wildman–Crippen LogP) is 4.58. The molecule has 178 valence electrons. The molecular formula is C22H17F4N3O5. The summed E-state index contributed by atoms with van der Waals surface area (Å²) in [7, 11) is 1.20. The molecule has 2 amide bonds. The number of rotatable bonds is 7. The Kier molecular flexibility index (Phi) is 6.89. The van der Waals surface area contributed by atoms with Gasteiger partial charge in [-0.1, -0.05) is 0 Å². The zero-order valence-corrected chi connectivity index (χ0v) is 17.7. The monoisotopic (exact) mass is 479 g/mol. The van der Waals surface area contributed by atoms with E-state index in [0.717, 1.165) is 24.3 Å². The van der Waals surface area contributed by atoms with Gasteiger partial charge in [0.25, 0.3) is 11.8 Å². The van der Waals surface area contributed by atoms with Crippen molar-refractivity contribution in [2.24, 2.45) is 5.73 Å². The Balaban J connectivity index is 1.94. The first-order valence-corrected chi connectivity index (χ1v) is 9.46. The van der Waals surface area contributed by atoms with Crippen LogP contribution in [0.4, 0.5) is 23.2 Å². The summed E-state index contributed by atoms with van der Waals surface area (Å²) in [5, 5.41) is 2.48. The summed E-state index contributed by atoms with van der Waals surface area (Å²) >= 11 is 0. The molecule has 0 radical (unpaired) electrons. The molecule has 0 saturated heterocycles. The molecule has 3 aromatic rings. The van der Waals surface area contributed by atoms with Crippen molar-refractivity contribution in [3.8, 4) is 23.0 Å². The Hall–Kier alpha value is -4.35. The number of carbonyl (C=O) groups is 2. The fraction of sp³-hybridized carbons (Fsp3) is 0.136. The SMILES string of the molecule is COc1cc(OC(F)(F)F)ccc1Oc1cc(C)c(F)cc1C(=O)Nc1ccnc(C(N)=O)c1. The zero-order valence-electron chi connectivity index (χ0n) is 17.7. The lowest BCUT2D eigenvalue weighted by molar-refractivity contribution is -0.274. The number of anilines is 1. The van der Waals surface area contributed by atoms with E-state index in [1.54, 1.807) is 0 Å². The highest BCUT2D eigenvalue weighted by Gasteiger charge is 2.31. The maximum absolute atomic E-state index is 14.3. The number of methoxy groups -OCH3 is 1. The topological polar surface area (TPSA) is 113 Å². The van der Waals surface area contributed by atoms with Crippen molar-refractivity contribution in [2.75, 3.05) is 12.4 Å². The molecule has 0 saturated carbocycles. The second kappa shape index (κ2) is 9.65. The highest BCUT2D eigenvalue weighted by Crippen LogP contribution is 2.38. The van der Waals surface area contributed by atoms with Crippen LogP contribution in [0.1, 0.15) is 26.4 Å². The Morgan fingerprint density at radius 3 is 2.41 bits per heavy atom. The lowest BCUT2D eigenvalue weighted by atomic mass is 10.1. The van der Waals surface area contributed by atoms with Crippen LogP contribution in [0.2, 0.25) is 0 Å². The Labute approximate surface area is 190 Å². The van der Waals surface area contributed by atoms with Gasteiger partial charge in [-0.15, -0.1) is 13.2 Å². The van der Waals surface area contributed by atoms with Gasteiger partial charge in [0.2, 0.25) is 0 Å². The van der Waals surface area contributed by atoms with Crippen LogP contribution < -0.4 is 25.3 Å². The number of hydrogen-bond donors (Lipinski definition) is 2. The van der Waals surface area contributed by atoms with Crippen LogP contribution in [0.5, 0.6) is 23.0 Å². The molecule has 8 nitrogen and oxygen atoms in total. The minimum Gasteiger partial charge on any atom is -0.493 e. The van der Waals surface area contributed by atoms with Crippen molar-refractivity contribution in [1.82, 2.24) is 4.98 Å². The molecule has 34 heavy (non-hydrogen) atoms. The minimum atomic E-state index is -4.91. The van der Waals surface area contributed by atoms with Crippen molar-refractivity contribution in [3.05, 3.63) is 71.3 Å². The van der Waals surface area contributed by atoms with E-state index in [0.29, 0.717) is 0 Å². The maximum Gasteiger partial charge on any atom is 0.573 e. The summed E-state index contributed by atoms with van der Waals surface area (Å²) in [6.45, 7) is 1.43. The molecular weight excluding hydrogens is 462 g/mol. The van der Waals surface area contributed by atoms with Gasteiger partial charge in [0, 0.05) is 18.0 Å². The summed E-state index contributed by atoms with van der Waals surface area (Å²) in [5.74, 6) is -3.16. The molecule has 0 spiro atoms. The minimum absolute atomic E-state index is 0.0583. The molecule has 2 aromatic carbocycles. The van der Waals surface area contributed by atoms with Gasteiger partial charge in [-0.3, -0.25) is 14.6 Å². The number of nitrogens with one attached hydrogen (secondary N) is 1. The van der Waals surface area contributed by atoms with E-state index < -0.39 is 29.7 Å². The molecule has 3 rings (SSSR count). The van der Waals surface area contributed by atoms with Crippen LogP contribution >= 0.6 is 0 Å². The zero-order chi connectivity index (χ0) is 25.0. The van der Waals surface area contributed by atoms with Crippen LogP contribution in [-0.2, 0) is 0 Å². The number of primary amides is 1. The van der Waals surface area contributed by atoms with E-state index in [9.17, 15) is 27.2 Å². The first kappa shape index (κ1) is 24.3. The molecule has 3 N–H and O–H groups in total. The molecule has 0 atom stereocenters. The predicted molar refractivity (Wildman–Crippen MR) is 112 cm³/mol. The van der Waals surface area contributed by atoms with Crippen LogP contribution in [0.3, 0.4) is 0 Å². The average molecular weight is 479 g/mol. The van der Waals surface area contributed by atoms with Crippen molar-refractivity contribution in [1.29, 1.82) is 0 Å². The summed E-state index contributed by atoms with van der Waals surface area (Å²) in [4.78, 5) is 27.9. The van der Waals surface area contributed by atoms with Gasteiger partial charge in [-0.25, -0.2) is 4.39 Å². The average Bonchev–Trinajstić information content (AvgIpc) is 2.76. The number of nitrogens with two attached hydrogens (primary N) is 1. The van der Waals surface area contributed by atoms with Gasteiger partial charge >= 0.3 is 6.36 Å². The van der Waals surface area contributed by atoms with Gasteiger partial charge in [0.05, 0.1) is 12.7 Å². The first-order chi connectivity index (χ1) is 16.0. The van der Waals surface area contributed by atoms with E-state index in [1.165, 1.54) is 38.4 Å². The lowest BCUT2D eigenvalue weighted by Crippen LogP contribution is -2.17. The van der Waals surface area contributed by atoms with E-state index in [4.69, 9.17) is 15.2 Å². The van der Waals surface area contributed by atoms with Crippen molar-refractivity contribution in [2.45, 2.75) is 13.3 Å². The number of hydrogen-bond acceptors (Lipinski definition) is 6. The Morgan fingerprint density at radius 1 is 1.03 bits per heavy atom. The smallest absolute Gasteiger partial charge is 0.493 e. The van der Waals surface area contributed by atoms with E-state index in [-0.39, 0.29) is 39.8 Å². The summed E-state index contributed by atoms with van der Waals surface area (Å²) < 4.78 is 66.4.